The standard InChI is InChI=1S/C16H17FN6OS/c17-13-3-5-14(6-4-13)21-9-7-20(8-10-21)12-22-16(24)23(19-18-22)15-2-1-11-25-15/h1-6,11H,7-10,12H2. The molecule has 1 aliphatic heterocycles. The first-order chi connectivity index (χ1) is 12.2. The number of hydrogen-bond donors (Lipinski definition) is 0. The van der Waals surface area contributed by atoms with E-state index < -0.39 is 0 Å². The van der Waals surface area contributed by atoms with Gasteiger partial charge in [0.25, 0.3) is 0 Å². The van der Waals surface area contributed by atoms with Crippen molar-refractivity contribution in [3.05, 3.63) is 58.1 Å². The number of thiophene rings is 1. The second-order valence-corrected chi connectivity index (χ2v) is 6.77. The van der Waals surface area contributed by atoms with Crippen LogP contribution in [-0.4, -0.2) is 50.9 Å². The van der Waals surface area contributed by atoms with Crippen molar-refractivity contribution >= 4 is 17.0 Å². The van der Waals surface area contributed by atoms with Crippen molar-refractivity contribution < 1.29 is 4.39 Å². The molecular formula is C16H17FN6OS. The number of piperazine rings is 1. The van der Waals surface area contributed by atoms with Gasteiger partial charge in [-0.1, -0.05) is 0 Å². The number of halogens is 1. The molecule has 25 heavy (non-hydrogen) atoms. The van der Waals surface area contributed by atoms with Crippen LogP contribution < -0.4 is 10.6 Å². The van der Waals surface area contributed by atoms with Gasteiger partial charge in [-0.05, 0) is 52.2 Å². The maximum atomic E-state index is 13.0. The number of hydrogen-bond acceptors (Lipinski definition) is 6. The summed E-state index contributed by atoms with van der Waals surface area (Å²) >= 11 is 1.45. The van der Waals surface area contributed by atoms with Gasteiger partial charge in [0.1, 0.15) is 17.5 Å². The van der Waals surface area contributed by atoms with Gasteiger partial charge in [0, 0.05) is 31.9 Å². The van der Waals surface area contributed by atoms with Crippen molar-refractivity contribution in [2.75, 3.05) is 31.1 Å². The second-order valence-electron chi connectivity index (χ2n) is 5.85. The third-order valence-corrected chi connectivity index (χ3v) is 5.10. The third kappa shape index (κ3) is 3.33. The summed E-state index contributed by atoms with van der Waals surface area (Å²) in [6.07, 6.45) is 0. The largest absolute Gasteiger partial charge is 0.370 e. The summed E-state index contributed by atoms with van der Waals surface area (Å²) < 4.78 is 15.7. The summed E-state index contributed by atoms with van der Waals surface area (Å²) in [5, 5.41) is 10.6. The number of anilines is 1. The molecule has 1 saturated heterocycles. The van der Waals surface area contributed by atoms with Gasteiger partial charge < -0.3 is 4.90 Å². The van der Waals surface area contributed by atoms with E-state index in [1.54, 1.807) is 12.1 Å². The maximum absolute atomic E-state index is 13.0. The minimum atomic E-state index is -0.233. The van der Waals surface area contributed by atoms with E-state index in [4.69, 9.17) is 0 Å². The molecule has 0 radical (unpaired) electrons. The number of nitrogens with zero attached hydrogens (tertiary/aromatic N) is 6. The Labute approximate surface area is 147 Å². The third-order valence-electron chi connectivity index (χ3n) is 4.25. The summed E-state index contributed by atoms with van der Waals surface area (Å²) in [5.74, 6) is -0.226. The quantitative estimate of drug-likeness (QED) is 0.704. The Bertz CT molecular complexity index is 880. The number of aromatic nitrogens is 4. The predicted molar refractivity (Wildman–Crippen MR) is 93.7 cm³/mol. The van der Waals surface area contributed by atoms with Gasteiger partial charge in [-0.25, -0.2) is 9.18 Å². The van der Waals surface area contributed by atoms with E-state index in [1.807, 2.05) is 17.5 Å². The van der Waals surface area contributed by atoms with Crippen molar-refractivity contribution in [1.82, 2.24) is 24.7 Å². The van der Waals surface area contributed by atoms with Crippen molar-refractivity contribution in [2.45, 2.75) is 6.67 Å². The van der Waals surface area contributed by atoms with Gasteiger partial charge in [-0.15, -0.1) is 11.3 Å². The Balaban J connectivity index is 1.39. The molecule has 3 aromatic rings. The van der Waals surface area contributed by atoms with E-state index in [2.05, 4.69) is 20.2 Å². The molecule has 4 rings (SSSR count). The van der Waals surface area contributed by atoms with Crippen molar-refractivity contribution in [1.29, 1.82) is 0 Å². The fraction of sp³-hybridized carbons (Fsp3) is 0.312. The summed E-state index contributed by atoms with van der Waals surface area (Å²) in [4.78, 5) is 16.8. The molecule has 7 nitrogen and oxygen atoms in total. The van der Waals surface area contributed by atoms with E-state index in [-0.39, 0.29) is 11.5 Å². The van der Waals surface area contributed by atoms with Crippen LogP contribution >= 0.6 is 11.3 Å². The highest BCUT2D eigenvalue weighted by Crippen LogP contribution is 2.17. The monoisotopic (exact) mass is 360 g/mol. The van der Waals surface area contributed by atoms with Crippen molar-refractivity contribution in [3.8, 4) is 5.00 Å². The summed E-state index contributed by atoms with van der Waals surface area (Å²) in [5.41, 5.74) is 0.783. The predicted octanol–water partition coefficient (Wildman–Crippen LogP) is 1.41. The first-order valence-electron chi connectivity index (χ1n) is 8.00. The van der Waals surface area contributed by atoms with Gasteiger partial charge in [0.2, 0.25) is 0 Å². The first kappa shape index (κ1) is 16.0. The number of rotatable bonds is 4. The molecule has 9 heteroatoms. The highest BCUT2D eigenvalue weighted by molar-refractivity contribution is 7.12. The SMILES string of the molecule is O=c1n(CN2CCN(c3ccc(F)cc3)CC2)nnn1-c1cccs1. The van der Waals surface area contributed by atoms with Crippen LogP contribution in [0.5, 0.6) is 0 Å². The van der Waals surface area contributed by atoms with Crippen LogP contribution in [0, 0.1) is 5.82 Å². The van der Waals surface area contributed by atoms with Gasteiger partial charge in [-0.2, -0.15) is 9.36 Å². The average molecular weight is 360 g/mol. The van der Waals surface area contributed by atoms with E-state index in [1.165, 1.54) is 32.8 Å². The molecule has 130 valence electrons. The average Bonchev–Trinajstić information content (AvgIpc) is 3.27. The van der Waals surface area contributed by atoms with Crippen LogP contribution in [0.3, 0.4) is 0 Å². The molecule has 0 amide bonds. The zero-order valence-corrected chi connectivity index (χ0v) is 14.3. The van der Waals surface area contributed by atoms with Gasteiger partial charge in [0.15, 0.2) is 0 Å². The Kier molecular flexibility index (Phi) is 4.33. The smallest absolute Gasteiger partial charge is 0.369 e. The Morgan fingerprint density at radius 1 is 1.04 bits per heavy atom. The first-order valence-corrected chi connectivity index (χ1v) is 8.88. The summed E-state index contributed by atoms with van der Waals surface area (Å²) in [6, 6.07) is 10.3. The molecule has 0 spiro atoms. The topological polar surface area (TPSA) is 59.2 Å². The van der Waals surface area contributed by atoms with Gasteiger partial charge in [-0.3, -0.25) is 4.90 Å². The lowest BCUT2D eigenvalue weighted by atomic mass is 10.2. The van der Waals surface area contributed by atoms with Gasteiger partial charge >= 0.3 is 5.69 Å². The Hall–Kier alpha value is -2.52. The molecule has 0 atom stereocenters. The number of tetrazole rings is 1. The molecule has 0 bridgehead atoms. The fourth-order valence-electron chi connectivity index (χ4n) is 2.88. The molecule has 1 aliphatic rings. The second kappa shape index (κ2) is 6.77. The highest BCUT2D eigenvalue weighted by Gasteiger charge is 2.19. The van der Waals surface area contributed by atoms with Crippen LogP contribution in [0.4, 0.5) is 10.1 Å². The van der Waals surface area contributed by atoms with Crippen LogP contribution in [0.1, 0.15) is 0 Å². The molecule has 3 heterocycles. The molecule has 0 N–H and O–H groups in total. The molecular weight excluding hydrogens is 343 g/mol. The summed E-state index contributed by atoms with van der Waals surface area (Å²) in [7, 11) is 0. The van der Waals surface area contributed by atoms with Crippen LogP contribution in [-0.2, 0) is 6.67 Å². The molecule has 0 saturated carbocycles. The minimum Gasteiger partial charge on any atom is -0.369 e. The Morgan fingerprint density at radius 2 is 1.80 bits per heavy atom. The lowest BCUT2D eigenvalue weighted by Crippen LogP contribution is -2.48. The van der Waals surface area contributed by atoms with Crippen LogP contribution in [0.2, 0.25) is 0 Å². The van der Waals surface area contributed by atoms with Crippen LogP contribution in [0.15, 0.2) is 46.6 Å². The summed E-state index contributed by atoms with van der Waals surface area (Å²) in [6.45, 7) is 3.66. The van der Waals surface area contributed by atoms with Gasteiger partial charge in [0.05, 0.1) is 0 Å². The van der Waals surface area contributed by atoms with E-state index in [0.717, 1.165) is 36.9 Å². The molecule has 1 fully saturated rings. The van der Waals surface area contributed by atoms with Crippen molar-refractivity contribution in [3.63, 3.8) is 0 Å². The molecule has 0 aliphatic carbocycles. The zero-order valence-electron chi connectivity index (χ0n) is 13.5. The van der Waals surface area contributed by atoms with E-state index in [0.29, 0.717) is 6.67 Å². The van der Waals surface area contributed by atoms with Crippen LogP contribution in [0.25, 0.3) is 5.00 Å². The Morgan fingerprint density at radius 3 is 2.48 bits per heavy atom. The van der Waals surface area contributed by atoms with E-state index >= 15 is 0 Å². The minimum absolute atomic E-state index is 0.226. The zero-order chi connectivity index (χ0) is 17.2. The highest BCUT2D eigenvalue weighted by atomic mass is 32.1. The normalized spacial score (nSPS) is 15.6. The molecule has 1 aromatic carbocycles. The van der Waals surface area contributed by atoms with E-state index in [9.17, 15) is 9.18 Å². The maximum Gasteiger partial charge on any atom is 0.370 e. The number of benzene rings is 1. The fourth-order valence-corrected chi connectivity index (χ4v) is 3.55. The lowest BCUT2D eigenvalue weighted by Gasteiger charge is -2.35. The molecule has 0 unspecified atom stereocenters. The van der Waals surface area contributed by atoms with Crippen molar-refractivity contribution in [2.24, 2.45) is 0 Å². The molecule has 2 aromatic heterocycles. The lowest BCUT2D eigenvalue weighted by molar-refractivity contribution is 0.191.